The van der Waals surface area contributed by atoms with Gasteiger partial charge in [-0.1, -0.05) is 36.4 Å². The molecule has 1 unspecified atom stereocenters. The van der Waals surface area contributed by atoms with Crippen molar-refractivity contribution in [3.63, 3.8) is 0 Å². The Labute approximate surface area is 209 Å². The number of nitrogens with zero attached hydrogens (tertiary/aromatic N) is 1. The summed E-state index contributed by atoms with van der Waals surface area (Å²) in [6.07, 6.45) is 0. The number of hydrogen-bond acceptors (Lipinski definition) is 5. The Morgan fingerprint density at radius 2 is 1.81 bits per heavy atom. The summed E-state index contributed by atoms with van der Waals surface area (Å²) in [5.41, 5.74) is 3.95. The number of fused-ring (bicyclic) bond motifs is 1. The van der Waals surface area contributed by atoms with Gasteiger partial charge < -0.3 is 14.8 Å². The molecule has 0 saturated carbocycles. The lowest BCUT2D eigenvalue weighted by atomic mass is 9.85. The predicted octanol–water partition coefficient (Wildman–Crippen LogP) is 6.75. The molecule has 0 fully saturated rings. The molecular weight excluding hydrogens is 452 g/mol. The van der Waals surface area contributed by atoms with E-state index in [1.54, 1.807) is 31.2 Å². The smallest absolute Gasteiger partial charge is 0.337 e. The Kier molecular flexibility index (Phi) is 6.43. The molecule has 2 N–H and O–H groups in total. The van der Waals surface area contributed by atoms with Crippen molar-refractivity contribution >= 4 is 22.6 Å². The summed E-state index contributed by atoms with van der Waals surface area (Å²) >= 11 is 0. The molecule has 6 heteroatoms. The molecule has 0 bridgehead atoms. The van der Waals surface area contributed by atoms with Gasteiger partial charge in [0.25, 0.3) is 0 Å². The highest BCUT2D eigenvalue weighted by Crippen LogP contribution is 2.34. The zero-order chi connectivity index (χ0) is 26.2. The predicted molar refractivity (Wildman–Crippen MR) is 141 cm³/mol. The third kappa shape index (κ3) is 4.48. The Morgan fingerprint density at radius 3 is 2.50 bits per heavy atom. The fourth-order valence-corrected chi connectivity index (χ4v) is 4.38. The molecule has 4 aromatic rings. The molecule has 3 aromatic carbocycles. The van der Waals surface area contributed by atoms with Crippen LogP contribution in [0.5, 0.6) is 0 Å². The van der Waals surface area contributed by atoms with Gasteiger partial charge in [0.05, 0.1) is 28.5 Å². The van der Waals surface area contributed by atoms with Crippen LogP contribution < -0.4 is 10.7 Å². The zero-order valence-corrected chi connectivity index (χ0v) is 21.0. The van der Waals surface area contributed by atoms with E-state index in [0.29, 0.717) is 28.0 Å². The van der Waals surface area contributed by atoms with Gasteiger partial charge in [-0.15, -0.1) is 0 Å². The molecular formula is C30H28N2O4. The van der Waals surface area contributed by atoms with Gasteiger partial charge in [-0.2, -0.15) is 5.26 Å². The van der Waals surface area contributed by atoms with Crippen molar-refractivity contribution in [3.8, 4) is 17.4 Å². The van der Waals surface area contributed by atoms with Crippen LogP contribution in [0.25, 0.3) is 22.3 Å². The van der Waals surface area contributed by atoms with Crippen molar-refractivity contribution in [1.29, 1.82) is 5.26 Å². The number of hydrogen-bond donors (Lipinski definition) is 2. The third-order valence-corrected chi connectivity index (χ3v) is 6.51. The number of carbonyl (C=O) groups is 1. The van der Waals surface area contributed by atoms with Crippen LogP contribution >= 0.6 is 0 Å². The van der Waals surface area contributed by atoms with Crippen molar-refractivity contribution in [2.24, 2.45) is 0 Å². The van der Waals surface area contributed by atoms with Crippen LogP contribution in [0.4, 0.5) is 5.69 Å². The van der Waals surface area contributed by atoms with Gasteiger partial charge >= 0.3 is 5.97 Å². The Bertz CT molecular complexity index is 1590. The molecule has 0 aliphatic heterocycles. The number of aryl methyl sites for hydroxylation is 1. The van der Waals surface area contributed by atoms with Crippen molar-refractivity contribution in [3.05, 3.63) is 98.7 Å². The number of nitriles is 1. The normalized spacial score (nSPS) is 12.2. The SMILES string of the molecule is Cc1cc(C(C)Nc2ccccc2C(=O)O)c2oc(-c3cccc(C(C)(C)C#N)c3)c(C)c(=O)c2c1. The first-order valence-corrected chi connectivity index (χ1v) is 11.7. The number of para-hydroxylation sites is 1. The van der Waals surface area contributed by atoms with Crippen molar-refractivity contribution in [1.82, 2.24) is 0 Å². The van der Waals surface area contributed by atoms with Gasteiger partial charge in [-0.05, 0) is 70.0 Å². The standard InChI is InChI=1S/C30H28N2O4/c1-17-13-23(19(3)32-25-12-7-6-11-22(25)29(34)35)28-24(14-17)26(33)18(2)27(36-28)20-9-8-10-21(15-20)30(4,5)16-31/h6-15,19,32H,1-5H3,(H,34,35). The highest BCUT2D eigenvalue weighted by Gasteiger charge is 2.23. The molecule has 4 rings (SSSR count). The number of rotatable bonds is 6. The molecule has 0 aliphatic carbocycles. The van der Waals surface area contributed by atoms with Gasteiger partial charge in [0.2, 0.25) is 0 Å². The summed E-state index contributed by atoms with van der Waals surface area (Å²) in [5, 5.41) is 22.9. The molecule has 1 aromatic heterocycles. The summed E-state index contributed by atoms with van der Waals surface area (Å²) in [7, 11) is 0. The molecule has 1 atom stereocenters. The number of anilines is 1. The molecule has 1 heterocycles. The number of nitrogens with one attached hydrogen (secondary N) is 1. The fraction of sp³-hybridized carbons (Fsp3) is 0.233. The molecule has 182 valence electrons. The molecule has 6 nitrogen and oxygen atoms in total. The second-order valence-corrected chi connectivity index (χ2v) is 9.65. The van der Waals surface area contributed by atoms with Gasteiger partial charge in [0, 0.05) is 22.4 Å². The maximum absolute atomic E-state index is 13.5. The first-order valence-electron chi connectivity index (χ1n) is 11.7. The lowest BCUT2D eigenvalue weighted by Crippen LogP contribution is -2.15. The molecule has 0 amide bonds. The van der Waals surface area contributed by atoms with Gasteiger partial charge in [-0.3, -0.25) is 4.79 Å². The number of carboxylic acid groups (broad SMARTS) is 1. The average Bonchev–Trinajstić information content (AvgIpc) is 2.86. The highest BCUT2D eigenvalue weighted by molar-refractivity contribution is 5.94. The maximum Gasteiger partial charge on any atom is 0.337 e. The van der Waals surface area contributed by atoms with Crippen LogP contribution in [-0.2, 0) is 5.41 Å². The average molecular weight is 481 g/mol. The largest absolute Gasteiger partial charge is 0.478 e. The second-order valence-electron chi connectivity index (χ2n) is 9.65. The zero-order valence-electron chi connectivity index (χ0n) is 21.0. The number of aromatic carboxylic acids is 1. The minimum atomic E-state index is -1.02. The van der Waals surface area contributed by atoms with Gasteiger partial charge in [-0.25, -0.2) is 4.79 Å². The van der Waals surface area contributed by atoms with E-state index in [9.17, 15) is 20.0 Å². The van der Waals surface area contributed by atoms with Gasteiger partial charge in [0.15, 0.2) is 5.43 Å². The van der Waals surface area contributed by atoms with Crippen LogP contribution in [0.1, 0.15) is 59.4 Å². The van der Waals surface area contributed by atoms with E-state index < -0.39 is 11.4 Å². The first-order chi connectivity index (χ1) is 17.0. The first kappa shape index (κ1) is 24.7. The summed E-state index contributed by atoms with van der Waals surface area (Å²) in [6.45, 7) is 9.26. The third-order valence-electron chi connectivity index (χ3n) is 6.51. The molecule has 0 saturated heterocycles. The highest BCUT2D eigenvalue weighted by atomic mass is 16.4. The van der Waals surface area contributed by atoms with Crippen LogP contribution in [0.3, 0.4) is 0 Å². The number of benzene rings is 3. The lowest BCUT2D eigenvalue weighted by molar-refractivity contribution is 0.0698. The quantitative estimate of drug-likeness (QED) is 0.316. The summed E-state index contributed by atoms with van der Waals surface area (Å²) in [6, 6.07) is 19.9. The second kappa shape index (κ2) is 9.35. The van der Waals surface area contributed by atoms with E-state index in [1.165, 1.54) is 0 Å². The molecule has 36 heavy (non-hydrogen) atoms. The van der Waals surface area contributed by atoms with E-state index in [1.807, 2.05) is 64.1 Å². The van der Waals surface area contributed by atoms with Crippen molar-refractivity contribution < 1.29 is 14.3 Å². The summed E-state index contributed by atoms with van der Waals surface area (Å²) in [4.78, 5) is 25.2. The topological polar surface area (TPSA) is 103 Å². The van der Waals surface area contributed by atoms with Gasteiger partial charge in [0.1, 0.15) is 11.3 Å². The van der Waals surface area contributed by atoms with E-state index >= 15 is 0 Å². The summed E-state index contributed by atoms with van der Waals surface area (Å²) in [5.74, 6) is -0.574. The van der Waals surface area contributed by atoms with Crippen LogP contribution in [0.15, 0.2) is 69.9 Å². The number of carboxylic acids is 1. The molecule has 0 radical (unpaired) electrons. The van der Waals surface area contributed by atoms with Crippen LogP contribution in [0.2, 0.25) is 0 Å². The van der Waals surface area contributed by atoms with E-state index in [2.05, 4.69) is 11.4 Å². The molecule has 0 aliphatic rings. The lowest BCUT2D eigenvalue weighted by Gasteiger charge is -2.20. The van der Waals surface area contributed by atoms with Crippen molar-refractivity contribution in [2.45, 2.75) is 46.1 Å². The van der Waals surface area contributed by atoms with E-state index in [4.69, 9.17) is 4.42 Å². The van der Waals surface area contributed by atoms with Crippen LogP contribution in [0, 0.1) is 25.2 Å². The Morgan fingerprint density at radius 1 is 1.08 bits per heavy atom. The minimum absolute atomic E-state index is 0.126. The van der Waals surface area contributed by atoms with Crippen LogP contribution in [-0.4, -0.2) is 11.1 Å². The maximum atomic E-state index is 13.5. The summed E-state index contributed by atoms with van der Waals surface area (Å²) < 4.78 is 6.44. The fourth-order valence-electron chi connectivity index (χ4n) is 4.38. The Hall–Kier alpha value is -4.37. The van der Waals surface area contributed by atoms with E-state index in [0.717, 1.165) is 22.3 Å². The minimum Gasteiger partial charge on any atom is -0.478 e. The molecule has 0 spiro atoms. The monoisotopic (exact) mass is 480 g/mol. The Balaban J connectivity index is 1.90. The van der Waals surface area contributed by atoms with E-state index in [-0.39, 0.29) is 17.0 Å². The van der Waals surface area contributed by atoms with Crippen molar-refractivity contribution in [2.75, 3.05) is 5.32 Å².